The summed E-state index contributed by atoms with van der Waals surface area (Å²) < 4.78 is 5.05. The fraction of sp³-hybridized carbons (Fsp3) is 0.727. The van der Waals surface area contributed by atoms with Gasteiger partial charge >= 0.3 is 51.4 Å². The molecule has 5 unspecified atom stereocenters. The van der Waals surface area contributed by atoms with Crippen molar-refractivity contribution in [2.75, 3.05) is 45.2 Å². The molecule has 296 valence electrons. The van der Waals surface area contributed by atoms with Crippen molar-refractivity contribution in [2.45, 2.75) is 140 Å². The summed E-state index contributed by atoms with van der Waals surface area (Å²) >= 11 is 0. The quantitative estimate of drug-likeness (QED) is 0.208. The molecule has 4 rings (SSSR count). The zero-order chi connectivity index (χ0) is 39.5. The van der Waals surface area contributed by atoms with Gasteiger partial charge in [0.05, 0.1) is 6.54 Å². The summed E-state index contributed by atoms with van der Waals surface area (Å²) in [5.41, 5.74) is 2.44. The molecule has 3 heterocycles. The monoisotopic (exact) mass is 751 g/mol. The Morgan fingerprint density at radius 1 is 1.08 bits per heavy atom. The summed E-state index contributed by atoms with van der Waals surface area (Å²) in [6, 6.07) is 6.12. The molecule has 3 aliphatic rings. The van der Waals surface area contributed by atoms with E-state index in [-0.39, 0.29) is 57.4 Å². The van der Waals surface area contributed by atoms with Crippen LogP contribution in [0.4, 0.5) is 5.82 Å². The summed E-state index contributed by atoms with van der Waals surface area (Å²) in [6.07, 6.45) is 16.7. The molecule has 1 aliphatic carbocycles. The van der Waals surface area contributed by atoms with Gasteiger partial charge in [0, 0.05) is 44.8 Å². The van der Waals surface area contributed by atoms with Crippen LogP contribution in [0, 0.1) is 40.9 Å². The number of nitrogens with one attached hydrogen (secondary N) is 2. The van der Waals surface area contributed by atoms with Gasteiger partial charge < -0.3 is 25.6 Å². The third kappa shape index (κ3) is 30.2. The molecule has 5 atom stereocenters. The maximum absolute atomic E-state index is 8.34. The molecular weight excluding hydrogens is 668 g/mol. The van der Waals surface area contributed by atoms with E-state index >= 15 is 0 Å². The second kappa shape index (κ2) is 41.0. The van der Waals surface area contributed by atoms with Gasteiger partial charge in [-0.2, -0.15) is 5.26 Å². The largest absolute Gasteiger partial charge is 1.00 e. The molecule has 52 heavy (non-hydrogen) atoms. The van der Waals surface area contributed by atoms with Crippen LogP contribution in [0.25, 0.3) is 5.32 Å². The van der Waals surface area contributed by atoms with E-state index in [0.29, 0.717) is 5.92 Å². The molecule has 0 aromatic carbocycles. The minimum Gasteiger partial charge on any atom is -0.647 e. The van der Waals surface area contributed by atoms with Crippen molar-refractivity contribution in [3.05, 3.63) is 67.0 Å². The van der Waals surface area contributed by atoms with Crippen molar-refractivity contribution in [3.8, 4) is 6.07 Å². The Labute approximate surface area is 367 Å². The number of aryl methyl sites for hydroxylation is 1. The van der Waals surface area contributed by atoms with Crippen LogP contribution in [0.1, 0.15) is 133 Å². The van der Waals surface area contributed by atoms with E-state index in [4.69, 9.17) is 10.00 Å². The van der Waals surface area contributed by atoms with Crippen molar-refractivity contribution in [2.24, 2.45) is 29.6 Å². The molecule has 1 aromatic rings. The van der Waals surface area contributed by atoms with E-state index < -0.39 is 0 Å². The van der Waals surface area contributed by atoms with Crippen molar-refractivity contribution >= 4 is 5.82 Å². The Morgan fingerprint density at radius 2 is 1.65 bits per heavy atom. The van der Waals surface area contributed by atoms with Crippen molar-refractivity contribution in [1.82, 2.24) is 15.2 Å². The Balaban J connectivity index is -0.000000281. The number of likely N-dealkylation sites (tertiary alicyclic amines) is 1. The SMILES string of the molecule is C=CNCC(=C)N1CC2CCCCC2C1.C=CNc1ncccc1CC.CC.CC.CC(C)C.CC1C[N-]C(C#N)C1.CCCC(CC)COC.[K+]. The van der Waals surface area contributed by atoms with Gasteiger partial charge in [0.1, 0.15) is 5.82 Å². The van der Waals surface area contributed by atoms with E-state index in [1.54, 1.807) is 25.7 Å². The zero-order valence-electron chi connectivity index (χ0n) is 36.6. The molecule has 0 amide bonds. The van der Waals surface area contributed by atoms with Gasteiger partial charge in [0.25, 0.3) is 0 Å². The average Bonchev–Trinajstić information content (AvgIpc) is 3.79. The number of anilines is 1. The number of fused-ring (bicyclic) bond motifs is 1. The standard InChI is InChI=1S/C13H22N2.C9H12N2.C8H18O.C6H9N2.C4H10.2C2H6.K/c1-3-14-8-11(2)15-9-12-6-4-5-7-13(12)10-15;1-3-8-6-5-7-11-9(8)10-4-2;1-4-6-8(5-2)7-9-3;1-5-2-6(3-7)8-4-5;1-4(2)3;2*1-2;/h3,12-14H,1-2,4-10H2;4-7H,2-3H2,1H3,(H,10,11);8H,4-7H2,1-3H3;5-6H,2,4H2,1H3;4H,1-3H3;2*1-2H3;/q;;;-1;;;;+1. The van der Waals surface area contributed by atoms with Gasteiger partial charge in [-0.15, -0.1) is 6.54 Å². The second-order valence-electron chi connectivity index (χ2n) is 13.7. The summed E-state index contributed by atoms with van der Waals surface area (Å²) in [5, 5.41) is 18.5. The van der Waals surface area contributed by atoms with Crippen molar-refractivity contribution in [1.29, 1.82) is 5.26 Å². The Morgan fingerprint density at radius 3 is 2.04 bits per heavy atom. The molecule has 0 bridgehead atoms. The van der Waals surface area contributed by atoms with Gasteiger partial charge in [0.2, 0.25) is 0 Å². The van der Waals surface area contributed by atoms with Crippen LogP contribution < -0.4 is 62.0 Å². The van der Waals surface area contributed by atoms with Gasteiger partial charge in [-0.25, -0.2) is 4.98 Å². The van der Waals surface area contributed by atoms with Crippen molar-refractivity contribution in [3.63, 3.8) is 0 Å². The molecule has 0 radical (unpaired) electrons. The third-order valence-electron chi connectivity index (χ3n) is 8.47. The van der Waals surface area contributed by atoms with Crippen molar-refractivity contribution < 1.29 is 56.1 Å². The number of hydrogen-bond acceptors (Lipinski definition) is 6. The Bertz CT molecular complexity index is 974. The summed E-state index contributed by atoms with van der Waals surface area (Å²) in [5.74, 6) is 5.06. The first-order valence-electron chi connectivity index (χ1n) is 20.2. The first-order chi connectivity index (χ1) is 24.6. The topological polar surface area (TPSA) is 87.3 Å². The number of methoxy groups -OCH3 is 1. The van der Waals surface area contributed by atoms with E-state index in [1.807, 2.05) is 33.8 Å². The van der Waals surface area contributed by atoms with Gasteiger partial charge in [-0.1, -0.05) is 140 Å². The number of pyridine rings is 1. The van der Waals surface area contributed by atoms with Crippen LogP contribution in [-0.4, -0.2) is 55.8 Å². The number of aromatic nitrogens is 1. The van der Waals surface area contributed by atoms with Crippen LogP contribution in [0.5, 0.6) is 0 Å². The third-order valence-corrected chi connectivity index (χ3v) is 8.47. The molecule has 3 fully saturated rings. The van der Waals surface area contributed by atoms with Gasteiger partial charge in [-0.3, -0.25) is 0 Å². The van der Waals surface area contributed by atoms with E-state index in [1.165, 1.54) is 69.3 Å². The molecule has 0 spiro atoms. The first-order valence-corrected chi connectivity index (χ1v) is 20.2. The Hall–Kier alpha value is -1.18. The Kier molecular flexibility index (Phi) is 45.4. The molecular formula is C44H83KN6O. The molecule has 7 nitrogen and oxygen atoms in total. The summed E-state index contributed by atoms with van der Waals surface area (Å²) in [7, 11) is 1.78. The smallest absolute Gasteiger partial charge is 0.647 e. The zero-order valence-corrected chi connectivity index (χ0v) is 39.7. The maximum atomic E-state index is 8.34. The minimum absolute atomic E-state index is 0. The molecule has 1 aromatic heterocycles. The predicted octanol–water partition coefficient (Wildman–Crippen LogP) is 9.02. The van der Waals surface area contributed by atoms with E-state index in [9.17, 15) is 0 Å². The van der Waals surface area contributed by atoms with Crippen LogP contribution >= 0.6 is 0 Å². The molecule has 2 N–H and O–H groups in total. The summed E-state index contributed by atoms with van der Waals surface area (Å²) in [6.45, 7) is 39.7. The van der Waals surface area contributed by atoms with Crippen LogP contribution in [0.2, 0.25) is 0 Å². The van der Waals surface area contributed by atoms with Crippen LogP contribution in [0.3, 0.4) is 0 Å². The fourth-order valence-corrected chi connectivity index (χ4v) is 5.90. The summed E-state index contributed by atoms with van der Waals surface area (Å²) in [4.78, 5) is 6.63. The normalized spacial score (nSPS) is 19.5. The minimum atomic E-state index is 0. The van der Waals surface area contributed by atoms with Crippen LogP contribution in [0.15, 0.2) is 56.2 Å². The maximum Gasteiger partial charge on any atom is 1.00 e. The van der Waals surface area contributed by atoms with Crippen LogP contribution in [-0.2, 0) is 11.2 Å². The molecule has 2 aliphatic heterocycles. The number of rotatable bonds is 12. The number of nitrogens with zero attached hydrogens (tertiary/aromatic N) is 4. The average molecular weight is 751 g/mol. The number of nitriles is 1. The number of ether oxygens (including phenoxy) is 1. The molecule has 1 saturated carbocycles. The molecule has 8 heteroatoms. The van der Waals surface area contributed by atoms with Gasteiger partial charge in [0.15, 0.2) is 0 Å². The van der Waals surface area contributed by atoms with E-state index in [2.05, 4.69) is 106 Å². The second-order valence-corrected chi connectivity index (χ2v) is 13.7. The number of hydrogen-bond donors (Lipinski definition) is 2. The fourth-order valence-electron chi connectivity index (χ4n) is 5.90. The van der Waals surface area contributed by atoms with Gasteiger partial charge in [-0.05, 0) is 79.4 Å². The first kappa shape index (κ1) is 57.5. The van der Waals surface area contributed by atoms with E-state index in [0.717, 1.165) is 62.0 Å². The predicted molar refractivity (Wildman–Crippen MR) is 227 cm³/mol. The molecule has 2 saturated heterocycles.